The highest BCUT2D eigenvalue weighted by molar-refractivity contribution is 5.73. The molecule has 5 nitrogen and oxygen atoms in total. The van der Waals surface area contributed by atoms with Crippen LogP contribution in [0.4, 0.5) is 4.79 Å². The van der Waals surface area contributed by atoms with E-state index in [1.807, 2.05) is 0 Å². The van der Waals surface area contributed by atoms with Crippen LogP contribution in [0.1, 0.15) is 12.8 Å². The topological polar surface area (TPSA) is 53.6 Å². The Morgan fingerprint density at radius 3 is 2.60 bits per heavy atom. The molecule has 1 aliphatic carbocycles. The molecule has 1 aliphatic rings. The summed E-state index contributed by atoms with van der Waals surface area (Å²) in [5.74, 6) is 0. The zero-order valence-electron chi connectivity index (χ0n) is 9.75. The van der Waals surface area contributed by atoms with Gasteiger partial charge in [-0.3, -0.25) is 0 Å². The van der Waals surface area contributed by atoms with Crippen molar-refractivity contribution < 1.29 is 9.53 Å². The lowest BCUT2D eigenvalue weighted by atomic mass is 9.89. The van der Waals surface area contributed by atoms with Crippen LogP contribution in [0.3, 0.4) is 0 Å². The number of hydrogen-bond acceptors (Lipinski definition) is 3. The largest absolute Gasteiger partial charge is 0.381 e. The first-order valence-electron chi connectivity index (χ1n) is 5.34. The average molecular weight is 215 g/mol. The number of amides is 2. The van der Waals surface area contributed by atoms with Gasteiger partial charge in [-0.1, -0.05) is 0 Å². The monoisotopic (exact) mass is 215 g/mol. The molecule has 88 valence electrons. The summed E-state index contributed by atoms with van der Waals surface area (Å²) in [5, 5.41) is 6.17. The van der Waals surface area contributed by atoms with Gasteiger partial charge in [-0.15, -0.1) is 0 Å². The van der Waals surface area contributed by atoms with Crippen molar-refractivity contribution >= 4 is 6.03 Å². The van der Waals surface area contributed by atoms with Crippen LogP contribution in [0.5, 0.6) is 0 Å². The van der Waals surface area contributed by atoms with E-state index in [2.05, 4.69) is 10.6 Å². The molecule has 0 radical (unpaired) electrons. The van der Waals surface area contributed by atoms with Gasteiger partial charge in [-0.05, 0) is 12.8 Å². The first-order chi connectivity index (χ1) is 7.13. The number of rotatable bonds is 5. The maximum atomic E-state index is 11.1. The molecule has 15 heavy (non-hydrogen) atoms. The molecular formula is C10H21N3O2. The number of ether oxygens (including phenoxy) is 1. The molecule has 0 bridgehead atoms. The summed E-state index contributed by atoms with van der Waals surface area (Å²) in [4.78, 5) is 12.7. The molecule has 0 saturated heterocycles. The highest BCUT2D eigenvalue weighted by Gasteiger charge is 2.27. The third-order valence-electron chi connectivity index (χ3n) is 2.67. The number of carbonyl (C=O) groups excluding carboxylic acids is 1. The van der Waals surface area contributed by atoms with E-state index in [9.17, 15) is 4.79 Å². The predicted molar refractivity (Wildman–Crippen MR) is 58.9 cm³/mol. The Labute approximate surface area is 91.2 Å². The van der Waals surface area contributed by atoms with Crippen LogP contribution in [0, 0.1) is 0 Å². The van der Waals surface area contributed by atoms with Crippen molar-refractivity contribution in [2.24, 2.45) is 0 Å². The van der Waals surface area contributed by atoms with Gasteiger partial charge in [0, 0.05) is 40.3 Å². The van der Waals surface area contributed by atoms with Gasteiger partial charge in [0.05, 0.1) is 6.10 Å². The Morgan fingerprint density at radius 2 is 2.07 bits per heavy atom. The minimum atomic E-state index is -0.0415. The highest BCUT2D eigenvalue weighted by Crippen LogP contribution is 2.21. The van der Waals surface area contributed by atoms with Crippen molar-refractivity contribution in [1.82, 2.24) is 15.5 Å². The summed E-state index contributed by atoms with van der Waals surface area (Å²) < 4.78 is 5.18. The maximum Gasteiger partial charge on any atom is 0.316 e. The third kappa shape index (κ3) is 4.05. The smallest absolute Gasteiger partial charge is 0.316 e. The molecule has 1 saturated carbocycles. The minimum Gasteiger partial charge on any atom is -0.381 e. The van der Waals surface area contributed by atoms with Crippen LogP contribution in [-0.2, 0) is 4.74 Å². The Hall–Kier alpha value is -0.810. The molecule has 1 rings (SSSR count). The number of carbonyl (C=O) groups is 1. The quantitative estimate of drug-likeness (QED) is 0.636. The second kappa shape index (κ2) is 5.92. The molecule has 2 amide bonds. The highest BCUT2D eigenvalue weighted by atomic mass is 16.5. The van der Waals surface area contributed by atoms with E-state index in [-0.39, 0.29) is 6.03 Å². The van der Waals surface area contributed by atoms with Crippen LogP contribution in [-0.4, -0.2) is 57.4 Å². The van der Waals surface area contributed by atoms with Crippen molar-refractivity contribution in [1.29, 1.82) is 0 Å². The molecule has 0 heterocycles. The number of nitrogens with zero attached hydrogens (tertiary/aromatic N) is 1. The van der Waals surface area contributed by atoms with E-state index in [1.165, 1.54) is 4.90 Å². The van der Waals surface area contributed by atoms with Crippen LogP contribution in [0.15, 0.2) is 0 Å². The van der Waals surface area contributed by atoms with Gasteiger partial charge in [0.2, 0.25) is 0 Å². The van der Waals surface area contributed by atoms with Gasteiger partial charge in [0.25, 0.3) is 0 Å². The Balaban J connectivity index is 1.92. The molecule has 0 aromatic carbocycles. The lowest BCUT2D eigenvalue weighted by molar-refractivity contribution is 0.0177. The van der Waals surface area contributed by atoms with Crippen LogP contribution in [0.2, 0.25) is 0 Å². The molecule has 0 aliphatic heterocycles. The van der Waals surface area contributed by atoms with Gasteiger partial charge in [-0.25, -0.2) is 4.79 Å². The van der Waals surface area contributed by atoms with E-state index < -0.39 is 0 Å². The lowest BCUT2D eigenvalue weighted by Gasteiger charge is -2.34. The van der Waals surface area contributed by atoms with Crippen molar-refractivity contribution in [3.63, 3.8) is 0 Å². The molecule has 0 unspecified atom stereocenters. The third-order valence-corrected chi connectivity index (χ3v) is 2.67. The zero-order chi connectivity index (χ0) is 11.3. The van der Waals surface area contributed by atoms with Gasteiger partial charge in [0.15, 0.2) is 0 Å². The van der Waals surface area contributed by atoms with Gasteiger partial charge in [0.1, 0.15) is 0 Å². The summed E-state index contributed by atoms with van der Waals surface area (Å²) in [6, 6.07) is 0.520. The number of methoxy groups -OCH3 is 1. The van der Waals surface area contributed by atoms with Crippen LogP contribution in [0.25, 0.3) is 0 Å². The van der Waals surface area contributed by atoms with Crippen molar-refractivity contribution in [3.05, 3.63) is 0 Å². The first-order valence-corrected chi connectivity index (χ1v) is 5.34. The van der Waals surface area contributed by atoms with E-state index in [0.717, 1.165) is 19.4 Å². The fourth-order valence-corrected chi connectivity index (χ4v) is 1.53. The normalized spacial score (nSPS) is 24.5. The van der Waals surface area contributed by atoms with Gasteiger partial charge >= 0.3 is 6.03 Å². The first kappa shape index (κ1) is 12.3. The summed E-state index contributed by atoms with van der Waals surface area (Å²) >= 11 is 0. The number of nitrogens with one attached hydrogen (secondary N) is 2. The molecule has 0 aromatic heterocycles. The standard InChI is InChI=1S/C10H21N3O2/c1-13(2)10(14)12-5-4-11-8-6-9(7-8)15-3/h8-9,11H,4-7H2,1-3H3,(H,12,14). The van der Waals surface area contributed by atoms with Crippen LogP contribution >= 0.6 is 0 Å². The van der Waals surface area contributed by atoms with E-state index >= 15 is 0 Å². The number of hydrogen-bond donors (Lipinski definition) is 2. The molecule has 0 spiro atoms. The Morgan fingerprint density at radius 1 is 1.40 bits per heavy atom. The lowest BCUT2D eigenvalue weighted by Crippen LogP contribution is -2.47. The summed E-state index contributed by atoms with van der Waals surface area (Å²) in [6.07, 6.45) is 2.59. The summed E-state index contributed by atoms with van der Waals surface area (Å²) in [6.45, 7) is 1.49. The van der Waals surface area contributed by atoms with E-state index in [4.69, 9.17) is 4.74 Å². The van der Waals surface area contributed by atoms with Crippen molar-refractivity contribution in [3.8, 4) is 0 Å². The van der Waals surface area contributed by atoms with Crippen LogP contribution < -0.4 is 10.6 Å². The Bertz CT molecular complexity index is 203. The van der Waals surface area contributed by atoms with Crippen molar-refractivity contribution in [2.75, 3.05) is 34.3 Å². The molecule has 0 atom stereocenters. The molecule has 1 fully saturated rings. The minimum absolute atomic E-state index is 0.0415. The Kier molecular flexibility index (Phi) is 4.84. The second-order valence-corrected chi connectivity index (χ2v) is 4.11. The van der Waals surface area contributed by atoms with Crippen molar-refractivity contribution in [2.45, 2.75) is 25.0 Å². The summed E-state index contributed by atoms with van der Waals surface area (Å²) in [5.41, 5.74) is 0. The maximum absolute atomic E-state index is 11.1. The number of urea groups is 1. The summed E-state index contributed by atoms with van der Waals surface area (Å²) in [7, 11) is 5.22. The fraction of sp³-hybridized carbons (Fsp3) is 0.900. The molecule has 0 aromatic rings. The molecular weight excluding hydrogens is 194 g/mol. The average Bonchev–Trinajstić information content (AvgIpc) is 2.14. The van der Waals surface area contributed by atoms with Gasteiger partial charge < -0.3 is 20.3 Å². The van der Waals surface area contributed by atoms with E-state index in [1.54, 1.807) is 21.2 Å². The molecule has 2 N–H and O–H groups in total. The SMILES string of the molecule is COC1CC(NCCNC(=O)N(C)C)C1. The fourth-order valence-electron chi connectivity index (χ4n) is 1.53. The second-order valence-electron chi connectivity index (χ2n) is 4.11. The zero-order valence-corrected chi connectivity index (χ0v) is 9.75. The predicted octanol–water partition coefficient (Wildman–Crippen LogP) is 0.0246. The molecule has 5 heteroatoms. The van der Waals surface area contributed by atoms with E-state index in [0.29, 0.717) is 18.7 Å². The van der Waals surface area contributed by atoms with Gasteiger partial charge in [-0.2, -0.15) is 0 Å².